The quantitative estimate of drug-likeness (QED) is 0.558. The summed E-state index contributed by atoms with van der Waals surface area (Å²) in [4.78, 5) is 24.8. The molecule has 9 nitrogen and oxygen atoms in total. The molecule has 4 rings (SSSR count). The van der Waals surface area contributed by atoms with E-state index in [1.807, 2.05) is 26.5 Å². The number of hydrogen-bond acceptors (Lipinski definition) is 6. The highest BCUT2D eigenvalue weighted by atomic mass is 16.3. The van der Waals surface area contributed by atoms with Gasteiger partial charge in [0, 0.05) is 44.0 Å². The van der Waals surface area contributed by atoms with Crippen molar-refractivity contribution in [2.45, 2.75) is 19.4 Å². The van der Waals surface area contributed by atoms with Crippen LogP contribution in [0.2, 0.25) is 0 Å². The maximum Gasteiger partial charge on any atom is 0.258 e. The van der Waals surface area contributed by atoms with Gasteiger partial charge in [0.25, 0.3) is 5.56 Å². The zero-order valence-corrected chi connectivity index (χ0v) is 15.2. The zero-order chi connectivity index (χ0) is 19.1. The molecular weight excluding hydrogens is 346 g/mol. The van der Waals surface area contributed by atoms with Crippen molar-refractivity contribution in [3.63, 3.8) is 0 Å². The van der Waals surface area contributed by atoms with E-state index in [-0.39, 0.29) is 12.0 Å². The first-order valence-corrected chi connectivity index (χ1v) is 8.51. The molecule has 4 heterocycles. The number of hydrogen-bond donors (Lipinski definition) is 2. The molecule has 0 bridgehead atoms. The van der Waals surface area contributed by atoms with E-state index in [4.69, 9.17) is 4.98 Å². The number of H-pyrrole nitrogens is 1. The molecule has 9 heteroatoms. The van der Waals surface area contributed by atoms with E-state index in [0.29, 0.717) is 28.1 Å². The van der Waals surface area contributed by atoms with Crippen molar-refractivity contribution < 1.29 is 5.11 Å². The van der Waals surface area contributed by atoms with Gasteiger partial charge in [0.1, 0.15) is 17.0 Å². The normalized spacial score (nSPS) is 12.6. The fraction of sp³-hybridized carbons (Fsp3) is 0.278. The van der Waals surface area contributed by atoms with Crippen molar-refractivity contribution in [1.82, 2.24) is 34.5 Å². The fourth-order valence-corrected chi connectivity index (χ4v) is 3.01. The molecule has 0 radical (unpaired) electrons. The summed E-state index contributed by atoms with van der Waals surface area (Å²) < 4.78 is 3.35. The van der Waals surface area contributed by atoms with Crippen molar-refractivity contribution in [3.8, 4) is 22.5 Å². The topological polar surface area (TPSA) is 115 Å². The van der Waals surface area contributed by atoms with Crippen LogP contribution in [0.1, 0.15) is 12.7 Å². The lowest BCUT2D eigenvalue weighted by Gasteiger charge is -2.09. The molecule has 0 aromatic carbocycles. The molecular formula is C18H19N7O2. The van der Waals surface area contributed by atoms with Gasteiger partial charge in [-0.3, -0.25) is 14.2 Å². The highest BCUT2D eigenvalue weighted by Crippen LogP contribution is 2.28. The Labute approximate surface area is 154 Å². The molecule has 0 aliphatic heterocycles. The molecule has 138 valence electrons. The van der Waals surface area contributed by atoms with Crippen molar-refractivity contribution in [1.29, 1.82) is 0 Å². The molecule has 4 aromatic heterocycles. The van der Waals surface area contributed by atoms with Crippen LogP contribution in [0.5, 0.6) is 0 Å². The number of nitrogens with one attached hydrogen (secondary N) is 1. The number of aryl methyl sites for hydroxylation is 2. The minimum Gasteiger partial charge on any atom is -0.393 e. The first-order valence-electron chi connectivity index (χ1n) is 8.51. The molecule has 0 amide bonds. The number of fused-ring (bicyclic) bond motifs is 1. The second kappa shape index (κ2) is 6.44. The Kier molecular flexibility index (Phi) is 4.08. The highest BCUT2D eigenvalue weighted by Gasteiger charge is 2.17. The summed E-state index contributed by atoms with van der Waals surface area (Å²) in [6, 6.07) is 1.71. The SMILES string of the molecule is CC(O)Cc1nc2c(-c3cnn(C)c3)nc(-c3cnn(C)c3)cc2c(=O)[nH]1. The summed E-state index contributed by atoms with van der Waals surface area (Å²) in [5.74, 6) is 0.420. The highest BCUT2D eigenvalue weighted by molar-refractivity contribution is 5.93. The third kappa shape index (κ3) is 3.24. The lowest BCUT2D eigenvalue weighted by molar-refractivity contribution is 0.193. The van der Waals surface area contributed by atoms with Crippen molar-refractivity contribution in [2.75, 3.05) is 0 Å². The van der Waals surface area contributed by atoms with Gasteiger partial charge < -0.3 is 10.1 Å². The van der Waals surface area contributed by atoms with E-state index in [0.717, 1.165) is 11.1 Å². The largest absolute Gasteiger partial charge is 0.393 e. The number of rotatable bonds is 4. The molecule has 27 heavy (non-hydrogen) atoms. The van der Waals surface area contributed by atoms with Crippen LogP contribution in [0.3, 0.4) is 0 Å². The van der Waals surface area contributed by atoms with Crippen molar-refractivity contribution >= 4 is 10.9 Å². The third-order valence-electron chi connectivity index (χ3n) is 4.21. The number of aliphatic hydroxyl groups is 1. The molecule has 0 spiro atoms. The van der Waals surface area contributed by atoms with Crippen LogP contribution in [0.4, 0.5) is 0 Å². The van der Waals surface area contributed by atoms with Gasteiger partial charge in [-0.15, -0.1) is 0 Å². The fourth-order valence-electron chi connectivity index (χ4n) is 3.01. The van der Waals surface area contributed by atoms with Crippen LogP contribution in [0, 0.1) is 0 Å². The first kappa shape index (κ1) is 17.1. The Balaban J connectivity index is 2.02. The number of pyridine rings is 1. The van der Waals surface area contributed by atoms with E-state index >= 15 is 0 Å². The summed E-state index contributed by atoms with van der Waals surface area (Å²) in [6.07, 6.45) is 6.69. The molecule has 1 atom stereocenters. The number of aromatic nitrogens is 7. The predicted molar refractivity (Wildman–Crippen MR) is 99.9 cm³/mol. The Bertz CT molecular complexity index is 1190. The van der Waals surface area contributed by atoms with Crippen LogP contribution >= 0.6 is 0 Å². The van der Waals surface area contributed by atoms with Gasteiger partial charge >= 0.3 is 0 Å². The zero-order valence-electron chi connectivity index (χ0n) is 15.2. The molecule has 2 N–H and O–H groups in total. The van der Waals surface area contributed by atoms with Gasteiger partial charge in [-0.05, 0) is 13.0 Å². The minimum atomic E-state index is -0.616. The average molecular weight is 365 g/mol. The summed E-state index contributed by atoms with van der Waals surface area (Å²) in [7, 11) is 3.64. The Morgan fingerprint density at radius 1 is 1.11 bits per heavy atom. The Hall–Kier alpha value is -3.33. The van der Waals surface area contributed by atoms with E-state index in [1.54, 1.807) is 34.7 Å². The van der Waals surface area contributed by atoms with Crippen LogP contribution < -0.4 is 5.56 Å². The smallest absolute Gasteiger partial charge is 0.258 e. The molecule has 1 unspecified atom stereocenters. The number of nitrogens with zero attached hydrogens (tertiary/aromatic N) is 6. The van der Waals surface area contributed by atoms with Gasteiger partial charge in [0.2, 0.25) is 0 Å². The second-order valence-corrected chi connectivity index (χ2v) is 6.62. The van der Waals surface area contributed by atoms with Crippen LogP contribution in [0.25, 0.3) is 33.4 Å². The molecule has 0 saturated carbocycles. The number of aliphatic hydroxyl groups excluding tert-OH is 1. The van der Waals surface area contributed by atoms with Crippen LogP contribution in [-0.2, 0) is 20.5 Å². The van der Waals surface area contributed by atoms with E-state index < -0.39 is 6.10 Å². The van der Waals surface area contributed by atoms with Crippen LogP contribution in [0.15, 0.2) is 35.6 Å². The minimum absolute atomic E-state index is 0.252. The maximum atomic E-state index is 12.7. The van der Waals surface area contributed by atoms with Crippen LogP contribution in [-0.4, -0.2) is 45.7 Å². The van der Waals surface area contributed by atoms with Gasteiger partial charge in [-0.25, -0.2) is 9.97 Å². The van der Waals surface area contributed by atoms with Gasteiger partial charge in [0.05, 0.1) is 29.6 Å². The monoisotopic (exact) mass is 365 g/mol. The van der Waals surface area contributed by atoms with Crippen molar-refractivity contribution in [2.24, 2.45) is 14.1 Å². The predicted octanol–water partition coefficient (Wildman–Crippen LogP) is 1.04. The van der Waals surface area contributed by atoms with E-state index in [2.05, 4.69) is 20.2 Å². The molecule has 0 aliphatic rings. The maximum absolute atomic E-state index is 12.7. The molecule has 0 fully saturated rings. The summed E-state index contributed by atoms with van der Waals surface area (Å²) >= 11 is 0. The average Bonchev–Trinajstić information content (AvgIpc) is 3.22. The van der Waals surface area contributed by atoms with Gasteiger partial charge in [0.15, 0.2) is 0 Å². The molecule has 0 aliphatic carbocycles. The first-order chi connectivity index (χ1) is 12.9. The summed E-state index contributed by atoms with van der Waals surface area (Å²) in [5, 5.41) is 18.5. The Morgan fingerprint density at radius 3 is 2.37 bits per heavy atom. The third-order valence-corrected chi connectivity index (χ3v) is 4.21. The summed E-state index contributed by atoms with van der Waals surface area (Å²) in [5.41, 5.74) is 2.97. The van der Waals surface area contributed by atoms with E-state index in [9.17, 15) is 9.90 Å². The van der Waals surface area contributed by atoms with Crippen molar-refractivity contribution in [3.05, 3.63) is 47.0 Å². The lowest BCUT2D eigenvalue weighted by atomic mass is 10.1. The van der Waals surface area contributed by atoms with Gasteiger partial charge in [-0.2, -0.15) is 10.2 Å². The molecule has 0 saturated heterocycles. The second-order valence-electron chi connectivity index (χ2n) is 6.62. The van der Waals surface area contributed by atoms with E-state index in [1.165, 1.54) is 0 Å². The standard InChI is InChI=1S/C18H19N7O2/c1-10(26)4-15-22-17-13(18(27)23-15)5-14(11-6-19-24(2)8-11)21-16(17)12-7-20-25(3)9-12/h5-10,26H,4H2,1-3H3,(H,22,23,27). The number of aromatic amines is 1. The lowest BCUT2D eigenvalue weighted by Crippen LogP contribution is -2.16. The molecule has 4 aromatic rings. The van der Waals surface area contributed by atoms with Gasteiger partial charge in [-0.1, -0.05) is 0 Å². The Morgan fingerprint density at radius 2 is 1.78 bits per heavy atom. The summed E-state index contributed by atoms with van der Waals surface area (Å²) in [6.45, 7) is 1.65.